The minimum Gasteiger partial charge on any atom is -0.347 e. The Bertz CT molecular complexity index is 496. The number of amides is 2. The van der Waals surface area contributed by atoms with Crippen LogP contribution < -0.4 is 10.6 Å². The van der Waals surface area contributed by atoms with Gasteiger partial charge in [0, 0.05) is 19.4 Å². The molecule has 0 radical (unpaired) electrons. The molecular weight excluding hydrogens is 234 g/mol. The number of nitrogens with one attached hydrogen (secondary N) is 2. The Morgan fingerprint density at radius 2 is 2.33 bits per heavy atom. The Hall–Kier alpha value is -1.92. The summed E-state index contributed by atoms with van der Waals surface area (Å²) in [7, 11) is 0. The third-order valence-corrected chi connectivity index (χ3v) is 3.42. The fourth-order valence-electron chi connectivity index (χ4n) is 2.44. The molecule has 0 aliphatic carbocycles. The molecule has 18 heavy (non-hydrogen) atoms. The van der Waals surface area contributed by atoms with Gasteiger partial charge in [-0.1, -0.05) is 0 Å². The first-order valence-corrected chi connectivity index (χ1v) is 6.22. The van der Waals surface area contributed by atoms with Crippen LogP contribution in [0.3, 0.4) is 0 Å². The lowest BCUT2D eigenvalue weighted by molar-refractivity contribution is -0.125. The van der Waals surface area contributed by atoms with Gasteiger partial charge < -0.3 is 15.2 Å². The van der Waals surface area contributed by atoms with E-state index in [-0.39, 0.29) is 11.8 Å². The highest BCUT2D eigenvalue weighted by Gasteiger charge is 2.27. The van der Waals surface area contributed by atoms with Gasteiger partial charge in [0.25, 0.3) is 0 Å². The molecule has 0 saturated carbocycles. The summed E-state index contributed by atoms with van der Waals surface area (Å²) >= 11 is 0. The fourth-order valence-corrected chi connectivity index (χ4v) is 2.44. The molecule has 0 spiro atoms. The van der Waals surface area contributed by atoms with E-state index < -0.39 is 6.04 Å². The Balaban J connectivity index is 1.57. The molecule has 2 aliphatic heterocycles. The predicted molar refractivity (Wildman–Crippen MR) is 61.4 cm³/mol. The van der Waals surface area contributed by atoms with Gasteiger partial charge in [-0.15, -0.1) is 10.2 Å². The molecule has 1 saturated heterocycles. The molecule has 1 aromatic rings. The number of aryl methyl sites for hydroxylation is 1. The lowest BCUT2D eigenvalue weighted by atomic mass is 10.2. The molecule has 7 nitrogen and oxygen atoms in total. The number of fused-ring (bicyclic) bond motifs is 1. The maximum atomic E-state index is 11.8. The van der Waals surface area contributed by atoms with Crippen molar-refractivity contribution in [2.45, 2.75) is 44.8 Å². The molecule has 96 valence electrons. The Kier molecular flexibility index (Phi) is 2.73. The molecule has 1 fully saturated rings. The molecule has 3 rings (SSSR count). The van der Waals surface area contributed by atoms with Crippen molar-refractivity contribution in [1.29, 1.82) is 0 Å². The molecule has 2 aliphatic rings. The second-order valence-electron chi connectivity index (χ2n) is 4.66. The minimum atomic E-state index is -0.390. The average Bonchev–Trinajstić information content (AvgIpc) is 3.02. The monoisotopic (exact) mass is 249 g/mol. The van der Waals surface area contributed by atoms with Crippen molar-refractivity contribution in [3.05, 3.63) is 11.6 Å². The molecule has 2 amide bonds. The molecule has 2 N–H and O–H groups in total. The number of rotatable bonds is 3. The van der Waals surface area contributed by atoms with Crippen molar-refractivity contribution in [2.75, 3.05) is 0 Å². The average molecular weight is 249 g/mol. The highest BCUT2D eigenvalue weighted by atomic mass is 16.2. The number of hydrogen-bond acceptors (Lipinski definition) is 4. The summed E-state index contributed by atoms with van der Waals surface area (Å²) in [6, 6.07) is -0.390. The highest BCUT2D eigenvalue weighted by Crippen LogP contribution is 2.14. The summed E-state index contributed by atoms with van der Waals surface area (Å²) in [6.45, 7) is 1.30. The summed E-state index contributed by atoms with van der Waals surface area (Å²) in [5, 5.41) is 13.6. The molecule has 0 bridgehead atoms. The van der Waals surface area contributed by atoms with Gasteiger partial charge in [0.05, 0.1) is 6.54 Å². The topological polar surface area (TPSA) is 88.9 Å². The summed E-state index contributed by atoms with van der Waals surface area (Å²) < 4.78 is 2.05. The fraction of sp³-hybridized carbons (Fsp3) is 0.636. The number of hydrogen-bond donors (Lipinski definition) is 2. The van der Waals surface area contributed by atoms with Gasteiger partial charge in [-0.05, 0) is 12.8 Å². The van der Waals surface area contributed by atoms with Crippen LogP contribution >= 0.6 is 0 Å². The zero-order valence-corrected chi connectivity index (χ0v) is 9.98. The highest BCUT2D eigenvalue weighted by molar-refractivity contribution is 5.90. The van der Waals surface area contributed by atoms with Gasteiger partial charge in [0.15, 0.2) is 5.82 Å². The molecule has 7 heteroatoms. The lowest BCUT2D eigenvalue weighted by Gasteiger charge is -2.10. The molecule has 1 aromatic heterocycles. The first kappa shape index (κ1) is 11.2. The van der Waals surface area contributed by atoms with Crippen molar-refractivity contribution in [1.82, 2.24) is 25.4 Å². The van der Waals surface area contributed by atoms with Crippen molar-refractivity contribution in [3.8, 4) is 0 Å². The van der Waals surface area contributed by atoms with E-state index in [1.807, 2.05) is 4.57 Å². The van der Waals surface area contributed by atoms with Gasteiger partial charge in [-0.2, -0.15) is 0 Å². The summed E-state index contributed by atoms with van der Waals surface area (Å²) in [5.41, 5.74) is 0. The molecule has 0 aromatic carbocycles. The van der Waals surface area contributed by atoms with Gasteiger partial charge >= 0.3 is 0 Å². The molecular formula is C11H15N5O2. The van der Waals surface area contributed by atoms with Crippen LogP contribution in [0.15, 0.2) is 0 Å². The normalized spacial score (nSPS) is 21.8. The van der Waals surface area contributed by atoms with Crippen molar-refractivity contribution >= 4 is 11.8 Å². The largest absolute Gasteiger partial charge is 0.347 e. The minimum absolute atomic E-state index is 0.0569. The number of aromatic nitrogens is 3. The summed E-state index contributed by atoms with van der Waals surface area (Å²) in [6.07, 6.45) is 3.05. The van der Waals surface area contributed by atoms with Crippen LogP contribution in [0.25, 0.3) is 0 Å². The third kappa shape index (κ3) is 1.96. The third-order valence-electron chi connectivity index (χ3n) is 3.42. The van der Waals surface area contributed by atoms with Crippen LogP contribution in [-0.2, 0) is 29.1 Å². The summed E-state index contributed by atoms with van der Waals surface area (Å²) in [4.78, 5) is 22.8. The van der Waals surface area contributed by atoms with Crippen LogP contribution in [0, 0.1) is 0 Å². The van der Waals surface area contributed by atoms with E-state index in [1.165, 1.54) is 0 Å². The summed E-state index contributed by atoms with van der Waals surface area (Å²) in [5.74, 6) is 1.59. The number of carbonyl (C=O) groups excluding carboxylic acids is 2. The second kappa shape index (κ2) is 4.40. The maximum absolute atomic E-state index is 11.8. The second-order valence-corrected chi connectivity index (χ2v) is 4.66. The molecule has 0 unspecified atom stereocenters. The lowest BCUT2D eigenvalue weighted by Crippen LogP contribution is -2.41. The van der Waals surface area contributed by atoms with E-state index in [4.69, 9.17) is 0 Å². The van der Waals surface area contributed by atoms with E-state index in [9.17, 15) is 9.59 Å². The van der Waals surface area contributed by atoms with Crippen molar-refractivity contribution < 1.29 is 9.59 Å². The van der Waals surface area contributed by atoms with Crippen LogP contribution in [0.1, 0.15) is 30.9 Å². The first-order valence-electron chi connectivity index (χ1n) is 6.22. The van der Waals surface area contributed by atoms with E-state index in [0.717, 1.165) is 31.0 Å². The molecule has 3 heterocycles. The van der Waals surface area contributed by atoms with Gasteiger partial charge in [-0.3, -0.25) is 9.59 Å². The quantitative estimate of drug-likeness (QED) is 0.728. The predicted octanol–water partition coefficient (Wildman–Crippen LogP) is -0.881. The van der Waals surface area contributed by atoms with Gasteiger partial charge in [0.1, 0.15) is 11.9 Å². The van der Waals surface area contributed by atoms with Crippen LogP contribution in [-0.4, -0.2) is 32.6 Å². The zero-order chi connectivity index (χ0) is 12.5. The van der Waals surface area contributed by atoms with Crippen LogP contribution in [0.4, 0.5) is 0 Å². The Morgan fingerprint density at radius 3 is 3.11 bits per heavy atom. The van der Waals surface area contributed by atoms with E-state index in [1.54, 1.807) is 0 Å². The van der Waals surface area contributed by atoms with E-state index >= 15 is 0 Å². The van der Waals surface area contributed by atoms with Crippen molar-refractivity contribution in [3.63, 3.8) is 0 Å². The Labute approximate surface area is 104 Å². The van der Waals surface area contributed by atoms with Gasteiger partial charge in [-0.25, -0.2) is 0 Å². The van der Waals surface area contributed by atoms with E-state index in [2.05, 4.69) is 20.8 Å². The number of nitrogens with zero attached hydrogens (tertiary/aromatic N) is 3. The molecule has 1 atom stereocenters. The SMILES string of the molecule is O=C1CC[C@H](C(=O)NCc2nnc3n2CCC3)N1. The smallest absolute Gasteiger partial charge is 0.242 e. The van der Waals surface area contributed by atoms with Crippen molar-refractivity contribution in [2.24, 2.45) is 0 Å². The zero-order valence-electron chi connectivity index (χ0n) is 9.98. The maximum Gasteiger partial charge on any atom is 0.242 e. The van der Waals surface area contributed by atoms with E-state index in [0.29, 0.717) is 19.4 Å². The van der Waals surface area contributed by atoms with Crippen LogP contribution in [0.5, 0.6) is 0 Å². The first-order chi connectivity index (χ1) is 8.74. The van der Waals surface area contributed by atoms with Gasteiger partial charge in [0.2, 0.25) is 11.8 Å². The number of carbonyl (C=O) groups is 2. The Morgan fingerprint density at radius 1 is 1.44 bits per heavy atom. The standard InChI is InChI=1S/C11H15N5O2/c17-10-4-3-7(13-10)11(18)12-6-9-15-14-8-2-1-5-16(8)9/h7H,1-6H2,(H,12,18)(H,13,17)/t7-/m1/s1. The van der Waals surface area contributed by atoms with Crippen LogP contribution in [0.2, 0.25) is 0 Å².